The second kappa shape index (κ2) is 4.86. The van der Waals surface area contributed by atoms with Gasteiger partial charge in [-0.2, -0.15) is 0 Å². The van der Waals surface area contributed by atoms with Crippen LogP contribution in [-0.2, 0) is 9.84 Å². The van der Waals surface area contributed by atoms with Gasteiger partial charge in [-0.15, -0.1) is 0 Å². The van der Waals surface area contributed by atoms with Gasteiger partial charge in [-0.3, -0.25) is 4.98 Å². The Kier molecular flexibility index (Phi) is 3.14. The third-order valence-electron chi connectivity index (χ3n) is 3.32. The van der Waals surface area contributed by atoms with Crippen LogP contribution < -0.4 is 0 Å². The number of sulfone groups is 1. The van der Waals surface area contributed by atoms with Gasteiger partial charge in [0.05, 0.1) is 15.3 Å². The smallest absolute Gasteiger partial charge is 0.208 e. The summed E-state index contributed by atoms with van der Waals surface area (Å²) in [5.74, 6) is 0.0148. The molecule has 2 aromatic carbocycles. The first-order chi connectivity index (χ1) is 9.98. The lowest BCUT2D eigenvalue weighted by atomic mass is 10.2. The molecule has 3 aromatic rings. The predicted molar refractivity (Wildman–Crippen MR) is 80.0 cm³/mol. The Balaban J connectivity index is 2.19. The second-order valence-electron chi connectivity index (χ2n) is 4.83. The van der Waals surface area contributed by atoms with Crippen LogP contribution in [0, 0.1) is 6.92 Å². The summed E-state index contributed by atoms with van der Waals surface area (Å²) in [6.45, 7) is 1.89. The number of benzene rings is 2. The van der Waals surface area contributed by atoms with E-state index in [4.69, 9.17) is 0 Å². The van der Waals surface area contributed by atoms with Crippen LogP contribution in [0.5, 0.6) is 5.75 Å². The average molecular weight is 299 g/mol. The summed E-state index contributed by atoms with van der Waals surface area (Å²) in [5.41, 5.74) is 1.54. The molecule has 1 heterocycles. The van der Waals surface area contributed by atoms with Crippen molar-refractivity contribution >= 4 is 20.7 Å². The van der Waals surface area contributed by atoms with Gasteiger partial charge in [-0.1, -0.05) is 23.8 Å². The summed E-state index contributed by atoms with van der Waals surface area (Å²) in [5, 5.41) is 10.3. The molecule has 0 amide bonds. The normalized spacial score (nSPS) is 11.7. The molecule has 0 saturated carbocycles. The quantitative estimate of drug-likeness (QED) is 0.789. The Morgan fingerprint density at radius 3 is 2.43 bits per heavy atom. The van der Waals surface area contributed by atoms with Crippen LogP contribution in [-0.4, -0.2) is 18.5 Å². The predicted octanol–water partition coefficient (Wildman–Crippen LogP) is 3.08. The van der Waals surface area contributed by atoms with Crippen molar-refractivity contribution in [2.45, 2.75) is 16.7 Å². The van der Waals surface area contributed by atoms with Crippen molar-refractivity contribution in [2.75, 3.05) is 0 Å². The van der Waals surface area contributed by atoms with Crippen molar-refractivity contribution in [3.63, 3.8) is 0 Å². The van der Waals surface area contributed by atoms with E-state index >= 15 is 0 Å². The number of aromatic hydroxyl groups is 1. The number of nitrogens with zero attached hydrogens (tertiary/aromatic N) is 1. The molecule has 0 radical (unpaired) electrons. The van der Waals surface area contributed by atoms with E-state index in [1.807, 2.05) is 6.92 Å². The Hall–Kier alpha value is -2.40. The maximum Gasteiger partial charge on any atom is 0.208 e. The number of hydrogen-bond donors (Lipinski definition) is 1. The molecule has 3 rings (SSSR count). The third-order valence-corrected chi connectivity index (χ3v) is 5.06. The zero-order valence-electron chi connectivity index (χ0n) is 11.3. The first kappa shape index (κ1) is 13.6. The summed E-state index contributed by atoms with van der Waals surface area (Å²) in [7, 11) is -3.64. The zero-order valence-corrected chi connectivity index (χ0v) is 12.1. The lowest BCUT2D eigenvalue weighted by Crippen LogP contribution is -2.02. The highest BCUT2D eigenvalue weighted by Gasteiger charge is 2.19. The van der Waals surface area contributed by atoms with Gasteiger partial charge in [0.2, 0.25) is 9.84 Å². The monoisotopic (exact) mass is 299 g/mol. The Morgan fingerprint density at radius 1 is 1.00 bits per heavy atom. The third kappa shape index (κ3) is 2.36. The Labute approximate surface area is 122 Å². The van der Waals surface area contributed by atoms with E-state index in [1.54, 1.807) is 36.4 Å². The van der Waals surface area contributed by atoms with Crippen molar-refractivity contribution in [1.82, 2.24) is 4.98 Å². The van der Waals surface area contributed by atoms with Gasteiger partial charge >= 0.3 is 0 Å². The molecular formula is C16H13NO3S. The van der Waals surface area contributed by atoms with Crippen molar-refractivity contribution in [2.24, 2.45) is 0 Å². The minimum atomic E-state index is -3.64. The van der Waals surface area contributed by atoms with Crippen LogP contribution in [0.3, 0.4) is 0 Å². The number of phenols is 1. The van der Waals surface area contributed by atoms with Crippen molar-refractivity contribution in [3.05, 3.63) is 60.3 Å². The molecule has 0 spiro atoms. The van der Waals surface area contributed by atoms with E-state index in [-0.39, 0.29) is 15.5 Å². The summed E-state index contributed by atoms with van der Waals surface area (Å²) < 4.78 is 25.2. The van der Waals surface area contributed by atoms with Crippen LogP contribution in [0.25, 0.3) is 10.9 Å². The molecule has 1 N–H and O–H groups in total. The second-order valence-corrected chi connectivity index (χ2v) is 6.78. The minimum Gasteiger partial charge on any atom is -0.507 e. The van der Waals surface area contributed by atoms with Gasteiger partial charge in [-0.25, -0.2) is 8.42 Å². The van der Waals surface area contributed by atoms with Gasteiger partial charge in [0.25, 0.3) is 0 Å². The molecule has 1 aromatic heterocycles. The first-order valence-electron chi connectivity index (χ1n) is 6.38. The van der Waals surface area contributed by atoms with Gasteiger partial charge in [0, 0.05) is 11.6 Å². The van der Waals surface area contributed by atoms with Crippen molar-refractivity contribution in [3.8, 4) is 5.75 Å². The number of pyridine rings is 1. The molecule has 106 valence electrons. The highest BCUT2D eigenvalue weighted by Crippen LogP contribution is 2.28. The largest absolute Gasteiger partial charge is 0.507 e. The fourth-order valence-electron chi connectivity index (χ4n) is 2.11. The molecule has 0 saturated heterocycles. The van der Waals surface area contributed by atoms with E-state index in [0.717, 1.165) is 5.56 Å². The lowest BCUT2D eigenvalue weighted by molar-refractivity contribution is 0.481. The van der Waals surface area contributed by atoms with E-state index in [2.05, 4.69) is 4.98 Å². The molecule has 0 aliphatic carbocycles. The fourth-order valence-corrected chi connectivity index (χ4v) is 3.35. The maximum atomic E-state index is 12.6. The topological polar surface area (TPSA) is 67.3 Å². The van der Waals surface area contributed by atoms with Crippen LogP contribution in [0.1, 0.15) is 5.56 Å². The van der Waals surface area contributed by atoms with E-state index in [0.29, 0.717) is 10.9 Å². The van der Waals surface area contributed by atoms with Gasteiger partial charge < -0.3 is 5.11 Å². The highest BCUT2D eigenvalue weighted by molar-refractivity contribution is 7.91. The summed E-state index contributed by atoms with van der Waals surface area (Å²) in [6, 6.07) is 13.0. The van der Waals surface area contributed by atoms with Crippen molar-refractivity contribution < 1.29 is 13.5 Å². The number of fused-ring (bicyclic) bond motifs is 1. The summed E-state index contributed by atoms with van der Waals surface area (Å²) >= 11 is 0. The zero-order chi connectivity index (χ0) is 15.0. The van der Waals surface area contributed by atoms with Crippen LogP contribution in [0.15, 0.2) is 64.5 Å². The Morgan fingerprint density at radius 2 is 1.71 bits per heavy atom. The molecule has 0 bridgehead atoms. The van der Waals surface area contributed by atoms with Crippen LogP contribution in [0.2, 0.25) is 0 Å². The van der Waals surface area contributed by atoms with Crippen LogP contribution >= 0.6 is 0 Å². The first-order valence-corrected chi connectivity index (χ1v) is 7.86. The van der Waals surface area contributed by atoms with Crippen molar-refractivity contribution in [1.29, 1.82) is 0 Å². The number of rotatable bonds is 2. The van der Waals surface area contributed by atoms with E-state index in [9.17, 15) is 13.5 Å². The number of hydrogen-bond acceptors (Lipinski definition) is 4. The van der Waals surface area contributed by atoms with E-state index in [1.165, 1.54) is 18.3 Å². The lowest BCUT2D eigenvalue weighted by Gasteiger charge is -2.07. The number of phenolic OH excluding ortho intramolecular Hbond substituents is 1. The number of aryl methyl sites for hydroxylation is 1. The molecular weight excluding hydrogens is 286 g/mol. The minimum absolute atomic E-state index is 0.0148. The van der Waals surface area contributed by atoms with E-state index < -0.39 is 9.84 Å². The Bertz CT molecular complexity index is 916. The molecule has 0 aliphatic rings. The molecule has 0 aliphatic heterocycles. The average Bonchev–Trinajstić information content (AvgIpc) is 2.48. The molecule has 4 nitrogen and oxygen atoms in total. The summed E-state index contributed by atoms with van der Waals surface area (Å²) in [4.78, 5) is 4.39. The van der Waals surface area contributed by atoms with Gasteiger partial charge in [0.1, 0.15) is 5.75 Å². The molecule has 0 atom stereocenters. The molecule has 0 fully saturated rings. The standard InChI is InChI=1S/C16H13NO3S/c1-11-5-7-12(8-6-11)21(19,20)13-9-14-15(17-10-13)3-2-4-16(14)18/h2-10,18H,1H3. The van der Waals surface area contributed by atoms with Gasteiger partial charge in [0.15, 0.2) is 0 Å². The van der Waals surface area contributed by atoms with Gasteiger partial charge in [-0.05, 0) is 37.3 Å². The molecule has 0 unspecified atom stereocenters. The number of aromatic nitrogens is 1. The summed E-state index contributed by atoms with van der Waals surface area (Å²) in [6.07, 6.45) is 1.32. The van der Waals surface area contributed by atoms with Crippen LogP contribution in [0.4, 0.5) is 0 Å². The maximum absolute atomic E-state index is 12.6. The highest BCUT2D eigenvalue weighted by atomic mass is 32.2. The fraction of sp³-hybridized carbons (Fsp3) is 0.0625. The SMILES string of the molecule is Cc1ccc(S(=O)(=O)c2cnc3cccc(O)c3c2)cc1. The molecule has 21 heavy (non-hydrogen) atoms. The molecule has 5 heteroatoms.